The van der Waals surface area contributed by atoms with Crippen molar-refractivity contribution in [1.29, 1.82) is 0 Å². The lowest BCUT2D eigenvalue weighted by Gasteiger charge is -2.31. The largest absolute Gasteiger partial charge is 0.488 e. The first-order valence-corrected chi connectivity index (χ1v) is 7.19. The van der Waals surface area contributed by atoms with E-state index in [2.05, 4.69) is 9.17 Å². The summed E-state index contributed by atoms with van der Waals surface area (Å²) >= 11 is 0. The molecule has 2 amide bonds. The maximum absolute atomic E-state index is 12.4. The van der Waals surface area contributed by atoms with Gasteiger partial charge in [0.15, 0.2) is 5.75 Å². The van der Waals surface area contributed by atoms with Gasteiger partial charge in [0.1, 0.15) is 6.54 Å². The van der Waals surface area contributed by atoms with E-state index in [1.54, 1.807) is 7.05 Å². The number of carbonyl (C=O) groups is 2. The minimum Gasteiger partial charge on any atom is -0.357 e. The molecule has 0 spiro atoms. The summed E-state index contributed by atoms with van der Waals surface area (Å²) in [5.41, 5.74) is 0.00787. The van der Waals surface area contributed by atoms with Gasteiger partial charge in [-0.25, -0.2) is 0 Å². The monoisotopic (exact) mass is 317 g/mol. The number of likely N-dealkylation sites (N-methyl/N-ethyl adjacent to an activating group) is 1. The topological polar surface area (TPSA) is 96.9 Å². The van der Waals surface area contributed by atoms with Crippen LogP contribution in [0.4, 0.5) is 3.89 Å². The van der Waals surface area contributed by atoms with E-state index in [-0.39, 0.29) is 18.0 Å². The molecule has 0 aliphatic carbocycles. The molecular weight excluding hydrogens is 305 g/mol. The first-order chi connectivity index (χ1) is 9.76. The van der Waals surface area contributed by atoms with Crippen LogP contribution in [0.25, 0.3) is 0 Å². The zero-order valence-corrected chi connectivity index (χ0v) is 11.8. The summed E-state index contributed by atoms with van der Waals surface area (Å²) in [5, 5.41) is 0. The molecule has 0 bridgehead atoms. The molecule has 1 aliphatic heterocycles. The number of halogens is 1. The standard InChI is InChI=1S/C11H12FN3O5S/c1-14-2-3-15(7-10(14)16)11(17)8-4-9(6-13-5-8)20-21(12,18)19/h4-6H,2-3,7H2,1H3. The van der Waals surface area contributed by atoms with Crippen molar-refractivity contribution in [2.45, 2.75) is 0 Å². The molecule has 0 radical (unpaired) electrons. The van der Waals surface area contributed by atoms with Crippen molar-refractivity contribution in [2.75, 3.05) is 26.7 Å². The highest BCUT2D eigenvalue weighted by atomic mass is 32.3. The molecule has 114 valence electrons. The van der Waals surface area contributed by atoms with Gasteiger partial charge in [-0.1, -0.05) is 3.89 Å². The molecule has 1 fully saturated rings. The lowest BCUT2D eigenvalue weighted by Crippen LogP contribution is -2.50. The molecular formula is C11H12FN3O5S. The second kappa shape index (κ2) is 5.64. The van der Waals surface area contributed by atoms with Crippen LogP contribution in [-0.4, -0.2) is 61.7 Å². The van der Waals surface area contributed by atoms with E-state index in [1.807, 2.05) is 0 Å². The first-order valence-electron chi connectivity index (χ1n) is 5.88. The summed E-state index contributed by atoms with van der Waals surface area (Å²) in [6, 6.07) is 1.05. The Bertz CT molecular complexity index is 678. The van der Waals surface area contributed by atoms with Gasteiger partial charge >= 0.3 is 10.5 Å². The van der Waals surface area contributed by atoms with Crippen molar-refractivity contribution in [2.24, 2.45) is 0 Å². The number of pyridine rings is 1. The number of rotatable bonds is 3. The molecule has 0 aromatic carbocycles. The second-order valence-electron chi connectivity index (χ2n) is 4.43. The van der Waals surface area contributed by atoms with E-state index < -0.39 is 22.2 Å². The van der Waals surface area contributed by atoms with Crippen LogP contribution >= 0.6 is 0 Å². The number of carbonyl (C=O) groups excluding carboxylic acids is 2. The third-order valence-electron chi connectivity index (χ3n) is 2.90. The Morgan fingerprint density at radius 1 is 1.38 bits per heavy atom. The van der Waals surface area contributed by atoms with Crippen molar-refractivity contribution < 1.29 is 26.1 Å². The Hall–Kier alpha value is -2.23. The van der Waals surface area contributed by atoms with Crippen LogP contribution in [0.15, 0.2) is 18.5 Å². The Morgan fingerprint density at radius 2 is 2.10 bits per heavy atom. The summed E-state index contributed by atoms with van der Waals surface area (Å²) in [7, 11) is -3.56. The van der Waals surface area contributed by atoms with E-state index in [0.29, 0.717) is 13.1 Å². The number of nitrogens with zero attached hydrogens (tertiary/aromatic N) is 3. The molecule has 1 saturated heterocycles. The lowest BCUT2D eigenvalue weighted by atomic mass is 10.2. The quantitative estimate of drug-likeness (QED) is 0.703. The van der Waals surface area contributed by atoms with Crippen LogP contribution in [0, 0.1) is 0 Å². The maximum atomic E-state index is 12.4. The highest BCUT2D eigenvalue weighted by Crippen LogP contribution is 2.16. The molecule has 21 heavy (non-hydrogen) atoms. The third-order valence-corrected chi connectivity index (χ3v) is 3.29. The van der Waals surface area contributed by atoms with E-state index in [9.17, 15) is 21.9 Å². The molecule has 1 aliphatic rings. The SMILES string of the molecule is CN1CCN(C(=O)c2cncc(OS(=O)(=O)F)c2)CC1=O. The fourth-order valence-electron chi connectivity index (χ4n) is 1.81. The third kappa shape index (κ3) is 3.88. The van der Waals surface area contributed by atoms with Gasteiger partial charge < -0.3 is 14.0 Å². The van der Waals surface area contributed by atoms with Crippen LogP contribution in [0.1, 0.15) is 10.4 Å². The second-order valence-corrected chi connectivity index (χ2v) is 5.38. The highest BCUT2D eigenvalue weighted by Gasteiger charge is 2.26. The number of hydrogen-bond donors (Lipinski definition) is 0. The van der Waals surface area contributed by atoms with Crippen LogP contribution in [0.3, 0.4) is 0 Å². The fraction of sp³-hybridized carbons (Fsp3) is 0.364. The van der Waals surface area contributed by atoms with Gasteiger partial charge in [-0.3, -0.25) is 14.6 Å². The number of amides is 2. The van der Waals surface area contributed by atoms with E-state index in [0.717, 1.165) is 12.3 Å². The number of aromatic nitrogens is 1. The van der Waals surface area contributed by atoms with Crippen molar-refractivity contribution in [3.8, 4) is 5.75 Å². The predicted molar refractivity (Wildman–Crippen MR) is 68.4 cm³/mol. The van der Waals surface area contributed by atoms with Crippen LogP contribution in [0.2, 0.25) is 0 Å². The molecule has 8 nitrogen and oxygen atoms in total. The minimum absolute atomic E-state index is 0.00787. The minimum atomic E-state index is -5.19. The summed E-state index contributed by atoms with van der Waals surface area (Å²) < 4.78 is 37.2. The molecule has 10 heteroatoms. The molecule has 0 saturated carbocycles. The average molecular weight is 317 g/mol. The summed E-state index contributed by atoms with van der Waals surface area (Å²) in [6.45, 7) is 0.655. The van der Waals surface area contributed by atoms with Crippen molar-refractivity contribution in [3.05, 3.63) is 24.0 Å². The maximum Gasteiger partial charge on any atom is 0.488 e. The summed E-state index contributed by atoms with van der Waals surface area (Å²) in [5.74, 6) is -1.13. The Balaban J connectivity index is 2.16. The van der Waals surface area contributed by atoms with Gasteiger partial charge in [-0.05, 0) is 6.07 Å². The van der Waals surface area contributed by atoms with Crippen LogP contribution < -0.4 is 4.18 Å². The molecule has 0 unspecified atom stereocenters. The van der Waals surface area contributed by atoms with E-state index in [1.165, 1.54) is 16.0 Å². The zero-order valence-electron chi connectivity index (χ0n) is 11.0. The van der Waals surface area contributed by atoms with Crippen molar-refractivity contribution >= 4 is 22.3 Å². The Kier molecular flexibility index (Phi) is 4.07. The normalized spacial score (nSPS) is 16.0. The van der Waals surface area contributed by atoms with Gasteiger partial charge in [0.05, 0.1) is 11.8 Å². The van der Waals surface area contributed by atoms with Gasteiger partial charge in [-0.2, -0.15) is 8.42 Å². The lowest BCUT2D eigenvalue weighted by molar-refractivity contribution is -0.133. The van der Waals surface area contributed by atoms with Crippen molar-refractivity contribution in [1.82, 2.24) is 14.8 Å². The van der Waals surface area contributed by atoms with Crippen LogP contribution in [0.5, 0.6) is 5.75 Å². The van der Waals surface area contributed by atoms with Gasteiger partial charge in [0, 0.05) is 26.3 Å². The van der Waals surface area contributed by atoms with Crippen LogP contribution in [-0.2, 0) is 15.3 Å². The Labute approximate surface area is 120 Å². The average Bonchev–Trinajstić information content (AvgIpc) is 2.39. The molecule has 2 heterocycles. The molecule has 0 N–H and O–H groups in total. The predicted octanol–water partition coefficient (Wildman–Crippen LogP) is -0.411. The van der Waals surface area contributed by atoms with Gasteiger partial charge in [-0.15, -0.1) is 0 Å². The zero-order chi connectivity index (χ0) is 15.6. The number of piperazine rings is 1. The Morgan fingerprint density at radius 3 is 2.71 bits per heavy atom. The molecule has 2 rings (SSSR count). The molecule has 1 aromatic rings. The molecule has 0 atom stereocenters. The van der Waals surface area contributed by atoms with Gasteiger partial charge in [0.25, 0.3) is 5.91 Å². The van der Waals surface area contributed by atoms with E-state index >= 15 is 0 Å². The molecule has 1 aromatic heterocycles. The smallest absolute Gasteiger partial charge is 0.357 e. The highest BCUT2D eigenvalue weighted by molar-refractivity contribution is 7.81. The van der Waals surface area contributed by atoms with Crippen molar-refractivity contribution in [3.63, 3.8) is 0 Å². The van der Waals surface area contributed by atoms with Gasteiger partial charge in [0.2, 0.25) is 5.91 Å². The first kappa shape index (κ1) is 15.2. The van der Waals surface area contributed by atoms with E-state index in [4.69, 9.17) is 0 Å². The fourth-order valence-corrected chi connectivity index (χ4v) is 2.13. The summed E-state index contributed by atoms with van der Waals surface area (Å²) in [6.07, 6.45) is 2.14. The summed E-state index contributed by atoms with van der Waals surface area (Å²) in [4.78, 5) is 30.2. The number of hydrogen-bond acceptors (Lipinski definition) is 6.